The standard InChI is InChI=1S/C18H13BrN2O4/c19-11-3-5-15-13(8-11)18(9-24-17(20)21-18)12-7-10(2-6-16(22)23)1-4-14(12)25-15/h1-8H,9H2,(H2,20,21)(H,22,23)/b6-2+/t18-/m0/s1. The molecular formula is C18H13BrN2O4. The van der Waals surface area contributed by atoms with Crippen LogP contribution in [0.15, 0.2) is 51.9 Å². The fourth-order valence-corrected chi connectivity index (χ4v) is 3.48. The van der Waals surface area contributed by atoms with Gasteiger partial charge in [-0.15, -0.1) is 0 Å². The van der Waals surface area contributed by atoms with Crippen molar-refractivity contribution >= 4 is 34.0 Å². The highest BCUT2D eigenvalue weighted by atomic mass is 79.9. The van der Waals surface area contributed by atoms with Crippen LogP contribution in [0, 0.1) is 0 Å². The molecule has 25 heavy (non-hydrogen) atoms. The van der Waals surface area contributed by atoms with Gasteiger partial charge in [-0.25, -0.2) is 9.79 Å². The maximum atomic E-state index is 10.8. The van der Waals surface area contributed by atoms with Crippen LogP contribution in [0.4, 0.5) is 0 Å². The van der Waals surface area contributed by atoms with Gasteiger partial charge < -0.3 is 20.3 Å². The largest absolute Gasteiger partial charge is 0.478 e. The van der Waals surface area contributed by atoms with E-state index in [4.69, 9.17) is 20.3 Å². The van der Waals surface area contributed by atoms with Gasteiger partial charge in [0.15, 0.2) is 5.54 Å². The van der Waals surface area contributed by atoms with Crippen molar-refractivity contribution in [2.75, 3.05) is 6.61 Å². The molecule has 2 aliphatic rings. The van der Waals surface area contributed by atoms with Crippen molar-refractivity contribution < 1.29 is 19.4 Å². The number of nitrogens with zero attached hydrogens (tertiary/aromatic N) is 1. The fraction of sp³-hybridized carbons (Fsp3) is 0.111. The Labute approximate surface area is 151 Å². The molecule has 0 unspecified atom stereocenters. The number of rotatable bonds is 2. The van der Waals surface area contributed by atoms with E-state index in [1.165, 1.54) is 6.08 Å². The average molecular weight is 401 g/mol. The van der Waals surface area contributed by atoms with E-state index < -0.39 is 11.5 Å². The van der Waals surface area contributed by atoms with Crippen LogP contribution in [0.2, 0.25) is 0 Å². The van der Waals surface area contributed by atoms with Crippen molar-refractivity contribution in [1.82, 2.24) is 0 Å². The summed E-state index contributed by atoms with van der Waals surface area (Å²) >= 11 is 3.48. The maximum Gasteiger partial charge on any atom is 0.328 e. The Bertz CT molecular complexity index is 954. The second-order valence-corrected chi connectivity index (χ2v) is 6.68. The van der Waals surface area contributed by atoms with Crippen molar-refractivity contribution in [3.05, 3.63) is 63.6 Å². The number of carboxylic acids is 1. The number of benzene rings is 2. The Morgan fingerprint density at radius 2 is 1.96 bits per heavy atom. The molecule has 0 saturated heterocycles. The number of nitrogens with two attached hydrogens (primary N) is 1. The number of ether oxygens (including phenoxy) is 2. The Hall–Kier alpha value is -2.80. The highest BCUT2D eigenvalue weighted by Crippen LogP contribution is 2.51. The van der Waals surface area contributed by atoms with Crippen LogP contribution in [-0.2, 0) is 15.1 Å². The number of fused-ring (bicyclic) bond motifs is 4. The molecule has 1 spiro atoms. The molecule has 0 aromatic heterocycles. The molecule has 2 heterocycles. The number of aliphatic carboxylic acids is 1. The van der Waals surface area contributed by atoms with Gasteiger partial charge in [-0.2, -0.15) is 0 Å². The Balaban J connectivity index is 1.93. The number of carboxylic acid groups (broad SMARTS) is 1. The van der Waals surface area contributed by atoms with Crippen molar-refractivity contribution in [3.63, 3.8) is 0 Å². The van der Waals surface area contributed by atoms with Crippen molar-refractivity contribution in [1.29, 1.82) is 0 Å². The van der Waals surface area contributed by atoms with Gasteiger partial charge in [0.2, 0.25) is 0 Å². The molecule has 7 heteroatoms. The fourth-order valence-electron chi connectivity index (χ4n) is 3.12. The van der Waals surface area contributed by atoms with Crippen LogP contribution < -0.4 is 10.5 Å². The minimum Gasteiger partial charge on any atom is -0.478 e. The lowest BCUT2D eigenvalue weighted by atomic mass is 9.81. The van der Waals surface area contributed by atoms with E-state index in [1.807, 2.05) is 24.3 Å². The number of hydrogen-bond acceptors (Lipinski definition) is 5. The Morgan fingerprint density at radius 3 is 2.64 bits per heavy atom. The van der Waals surface area contributed by atoms with Crippen LogP contribution in [0.25, 0.3) is 6.08 Å². The number of hydrogen-bond donors (Lipinski definition) is 2. The summed E-state index contributed by atoms with van der Waals surface area (Å²) in [5.41, 5.74) is 7.35. The highest BCUT2D eigenvalue weighted by Gasteiger charge is 2.47. The molecule has 126 valence electrons. The lowest BCUT2D eigenvalue weighted by Gasteiger charge is -2.33. The zero-order valence-corrected chi connectivity index (χ0v) is 14.5. The van der Waals surface area contributed by atoms with Crippen molar-refractivity contribution in [2.45, 2.75) is 5.54 Å². The van der Waals surface area contributed by atoms with Crippen LogP contribution in [0.5, 0.6) is 11.5 Å². The minimum atomic E-state index is -1.01. The first-order valence-electron chi connectivity index (χ1n) is 7.49. The summed E-state index contributed by atoms with van der Waals surface area (Å²) < 4.78 is 12.4. The molecule has 0 amide bonds. The molecule has 2 aromatic carbocycles. The van der Waals surface area contributed by atoms with Gasteiger partial charge in [0, 0.05) is 21.7 Å². The third kappa shape index (κ3) is 2.56. The van der Waals surface area contributed by atoms with E-state index in [1.54, 1.807) is 12.1 Å². The number of amidine groups is 1. The topological polar surface area (TPSA) is 94.1 Å². The Kier molecular flexibility index (Phi) is 3.54. The van der Waals surface area contributed by atoms with E-state index in [2.05, 4.69) is 20.9 Å². The highest BCUT2D eigenvalue weighted by molar-refractivity contribution is 9.10. The zero-order chi connectivity index (χ0) is 17.6. The summed E-state index contributed by atoms with van der Waals surface area (Å²) in [5, 5.41) is 8.84. The molecular weight excluding hydrogens is 388 g/mol. The molecule has 1 atom stereocenters. The summed E-state index contributed by atoms with van der Waals surface area (Å²) in [6, 6.07) is 11.3. The summed E-state index contributed by atoms with van der Waals surface area (Å²) in [6.45, 7) is 0.255. The van der Waals surface area contributed by atoms with Gasteiger partial charge in [-0.3, -0.25) is 0 Å². The predicted octanol–water partition coefficient (Wildman–Crippen LogP) is 3.24. The van der Waals surface area contributed by atoms with Gasteiger partial charge in [0.1, 0.15) is 18.1 Å². The quantitative estimate of drug-likeness (QED) is 0.754. The molecule has 2 aliphatic heterocycles. The number of aliphatic imine (C=N–C) groups is 1. The van der Waals surface area contributed by atoms with E-state index in [0.29, 0.717) is 11.5 Å². The first-order chi connectivity index (χ1) is 12.0. The molecule has 0 radical (unpaired) electrons. The van der Waals surface area contributed by atoms with Gasteiger partial charge in [-0.05, 0) is 42.0 Å². The minimum absolute atomic E-state index is 0.116. The van der Waals surface area contributed by atoms with Crippen molar-refractivity contribution in [3.8, 4) is 11.5 Å². The van der Waals surface area contributed by atoms with Gasteiger partial charge in [-0.1, -0.05) is 22.0 Å². The van der Waals surface area contributed by atoms with Gasteiger partial charge in [0.05, 0.1) is 0 Å². The normalized spacial score (nSPS) is 20.6. The smallest absolute Gasteiger partial charge is 0.328 e. The van der Waals surface area contributed by atoms with Crippen LogP contribution in [0.3, 0.4) is 0 Å². The monoisotopic (exact) mass is 400 g/mol. The zero-order valence-electron chi connectivity index (χ0n) is 12.9. The number of halogens is 1. The molecule has 4 rings (SSSR count). The molecule has 0 fully saturated rings. The number of carbonyl (C=O) groups is 1. The molecule has 0 bridgehead atoms. The van der Waals surface area contributed by atoms with Crippen LogP contribution in [0.1, 0.15) is 16.7 Å². The van der Waals surface area contributed by atoms with E-state index in [0.717, 1.165) is 27.2 Å². The molecule has 2 aromatic rings. The third-order valence-electron chi connectivity index (χ3n) is 4.20. The summed E-state index contributed by atoms with van der Waals surface area (Å²) in [6.07, 6.45) is 2.61. The maximum absolute atomic E-state index is 10.8. The first-order valence-corrected chi connectivity index (χ1v) is 8.29. The average Bonchev–Trinajstić information content (AvgIpc) is 2.97. The van der Waals surface area contributed by atoms with E-state index >= 15 is 0 Å². The third-order valence-corrected chi connectivity index (χ3v) is 4.70. The SMILES string of the molecule is NC1=N[C@]2(CO1)c1cc(Br)ccc1Oc1ccc(/C=C/C(=O)O)cc12. The van der Waals surface area contributed by atoms with Crippen LogP contribution >= 0.6 is 15.9 Å². The predicted molar refractivity (Wildman–Crippen MR) is 95.7 cm³/mol. The van der Waals surface area contributed by atoms with Gasteiger partial charge >= 0.3 is 5.97 Å². The summed E-state index contributed by atoms with van der Waals surface area (Å²) in [7, 11) is 0. The van der Waals surface area contributed by atoms with Crippen molar-refractivity contribution in [2.24, 2.45) is 10.7 Å². The Morgan fingerprint density at radius 1 is 1.24 bits per heavy atom. The lowest BCUT2D eigenvalue weighted by Crippen LogP contribution is -2.31. The first kappa shape index (κ1) is 15.7. The van der Waals surface area contributed by atoms with Gasteiger partial charge in [0.25, 0.3) is 6.02 Å². The molecule has 6 nitrogen and oxygen atoms in total. The molecule has 0 aliphatic carbocycles. The summed E-state index contributed by atoms with van der Waals surface area (Å²) in [5.74, 6) is 0.320. The second kappa shape index (κ2) is 5.63. The van der Waals surface area contributed by atoms with Crippen LogP contribution in [-0.4, -0.2) is 23.7 Å². The molecule has 3 N–H and O–H groups in total. The van der Waals surface area contributed by atoms with E-state index in [-0.39, 0.29) is 12.6 Å². The second-order valence-electron chi connectivity index (χ2n) is 5.77. The lowest BCUT2D eigenvalue weighted by molar-refractivity contribution is -0.131. The molecule has 0 saturated carbocycles. The van der Waals surface area contributed by atoms with E-state index in [9.17, 15) is 4.79 Å². The summed E-state index contributed by atoms with van der Waals surface area (Å²) in [4.78, 5) is 15.4.